The number of hydrogen-bond acceptors (Lipinski definition) is 0. The molecule has 0 saturated heterocycles. The Labute approximate surface area is 321 Å². The summed E-state index contributed by atoms with van der Waals surface area (Å²) in [7, 11) is 0. The molecule has 2 radical (unpaired) electrons. The summed E-state index contributed by atoms with van der Waals surface area (Å²) in [5.74, 6) is 1.16. The summed E-state index contributed by atoms with van der Waals surface area (Å²) in [4.78, 5) is 0. The summed E-state index contributed by atoms with van der Waals surface area (Å²) in [5.41, 5.74) is 11.1. The van der Waals surface area contributed by atoms with E-state index in [1.54, 1.807) is 0 Å². The van der Waals surface area contributed by atoms with Crippen LogP contribution < -0.4 is 0 Å². The molecule has 6 aromatic rings. The molecule has 0 nitrogen and oxygen atoms in total. The number of fused-ring (bicyclic) bond motifs is 2. The summed E-state index contributed by atoms with van der Waals surface area (Å²) in [5, 5.41) is 5.45. The Morgan fingerprint density at radius 1 is 0.625 bits per heavy atom. The van der Waals surface area contributed by atoms with Gasteiger partial charge in [0.25, 0.3) is 0 Å². The topological polar surface area (TPSA) is 0 Å². The molecule has 0 spiro atoms. The quantitative estimate of drug-likeness (QED) is 0.121. The second-order valence-corrected chi connectivity index (χ2v) is 13.4. The van der Waals surface area contributed by atoms with Crippen molar-refractivity contribution in [1.29, 1.82) is 0 Å². The van der Waals surface area contributed by atoms with E-state index in [0.29, 0.717) is 11.8 Å². The Morgan fingerprint density at radius 3 is 1.52 bits per heavy atom. The maximum atomic E-state index is 3.06. The fraction of sp³-hybridized carbons (Fsp3) is 0.273. The first-order valence-corrected chi connectivity index (χ1v) is 20.1. The molecule has 48 heavy (non-hydrogen) atoms. The number of halogens is 2. The van der Waals surface area contributed by atoms with E-state index in [9.17, 15) is 0 Å². The van der Waals surface area contributed by atoms with E-state index in [2.05, 4.69) is 171 Å². The molecule has 256 valence electrons. The van der Waals surface area contributed by atoms with Crippen LogP contribution in [-0.2, 0) is 35.2 Å². The Hall–Kier alpha value is -2.22. The Bertz CT molecular complexity index is 1800. The van der Waals surface area contributed by atoms with Gasteiger partial charge in [0.05, 0.1) is 0 Å². The molecule has 0 heterocycles. The third kappa shape index (κ3) is 10.9. The molecular formula is C44H54Cl2SiZr-4. The summed E-state index contributed by atoms with van der Waals surface area (Å²) >= 11 is 1.36. The molecule has 0 atom stereocenters. The van der Waals surface area contributed by atoms with Crippen molar-refractivity contribution in [3.05, 3.63) is 146 Å². The van der Waals surface area contributed by atoms with Crippen molar-refractivity contribution in [1.82, 2.24) is 0 Å². The molecule has 0 unspecified atom stereocenters. The van der Waals surface area contributed by atoms with Crippen molar-refractivity contribution in [3.8, 4) is 22.3 Å². The zero-order valence-corrected chi connectivity index (χ0v) is 35.7. The molecule has 0 aliphatic rings. The predicted octanol–water partition coefficient (Wildman–Crippen LogP) is 13.9. The van der Waals surface area contributed by atoms with Crippen molar-refractivity contribution in [2.75, 3.05) is 0 Å². The standard InChI is InChI=1S/2C21H23.2CH3.2ClH.Si.Zr/c1-14(2)16-8-10-17(11-9-16)20-7-5-6-18-12-19(15(3)4)13-21(18)20;1-5-15-13-17-7-6-8-19(20(17)14-15)16-9-11-18(12-10-16)21(2,3)4;;;;;;/h5-15H,1-4H3;6-14H,5H2,1-4H3;2*1H3;2*1H;;/q4*-1;;;;. The van der Waals surface area contributed by atoms with E-state index >= 15 is 0 Å². The third-order valence-corrected chi connectivity index (χ3v) is 8.61. The van der Waals surface area contributed by atoms with Crippen LogP contribution in [0.25, 0.3) is 43.8 Å². The van der Waals surface area contributed by atoms with E-state index in [1.807, 2.05) is 0 Å². The van der Waals surface area contributed by atoms with Crippen LogP contribution in [0.1, 0.15) is 89.5 Å². The number of hydrogen-bond donors (Lipinski definition) is 0. The van der Waals surface area contributed by atoms with Gasteiger partial charge in [-0.25, -0.2) is 0 Å². The van der Waals surface area contributed by atoms with Crippen LogP contribution >= 0.6 is 24.8 Å². The average molecular weight is 773 g/mol. The van der Waals surface area contributed by atoms with Crippen LogP contribution in [-0.4, -0.2) is 6.88 Å². The molecular weight excluding hydrogens is 719 g/mol. The maximum absolute atomic E-state index is 3.06. The number of benzene rings is 4. The number of aryl methyl sites for hydroxylation is 1. The van der Waals surface area contributed by atoms with Gasteiger partial charge in [-0.1, -0.05) is 127 Å². The molecule has 0 N–H and O–H groups in total. The molecule has 6 aromatic carbocycles. The molecule has 0 bridgehead atoms. The monoisotopic (exact) mass is 770 g/mol. The van der Waals surface area contributed by atoms with E-state index in [4.69, 9.17) is 0 Å². The van der Waals surface area contributed by atoms with Gasteiger partial charge in [-0.15, -0.1) is 93.9 Å². The Morgan fingerprint density at radius 2 is 1.08 bits per heavy atom. The van der Waals surface area contributed by atoms with Gasteiger partial charge in [0.15, 0.2) is 0 Å². The first-order chi connectivity index (χ1) is 21.0. The van der Waals surface area contributed by atoms with E-state index in [1.165, 1.54) is 89.4 Å². The minimum absolute atomic E-state index is 0. The van der Waals surface area contributed by atoms with Crippen LogP contribution in [0.2, 0.25) is 0 Å². The SMILES string of the molecule is CC(C)c1ccc(-c2cccc3[cH-]c(C(C)C)cc23)cc1.CCc1cc2c(-c3ccc(C(C)(C)C)cc3)cccc2[cH-]1.Cl.Cl.[CH3-].[CH3-].[Si]=[Zr]. The zero-order chi connectivity index (χ0) is 32.0. The van der Waals surface area contributed by atoms with Crippen LogP contribution in [0.5, 0.6) is 0 Å². The molecule has 0 fully saturated rings. The Balaban J connectivity index is 0.000000811. The van der Waals surface area contributed by atoms with E-state index in [0.717, 1.165) is 6.42 Å². The van der Waals surface area contributed by atoms with Crippen LogP contribution in [0.15, 0.2) is 109 Å². The van der Waals surface area contributed by atoms with Gasteiger partial charge in [0.2, 0.25) is 0 Å². The van der Waals surface area contributed by atoms with Gasteiger partial charge in [-0.3, -0.25) is 0 Å². The fourth-order valence-electron chi connectivity index (χ4n) is 5.79. The van der Waals surface area contributed by atoms with Crippen molar-refractivity contribution in [2.45, 2.75) is 79.1 Å². The molecule has 0 saturated carbocycles. The second kappa shape index (κ2) is 20.5. The normalized spacial score (nSPS) is 10.4. The molecule has 4 heteroatoms. The van der Waals surface area contributed by atoms with Gasteiger partial charge in [-0.05, 0) is 45.9 Å². The number of rotatable bonds is 5. The van der Waals surface area contributed by atoms with Gasteiger partial charge < -0.3 is 14.9 Å². The molecule has 0 aliphatic carbocycles. The van der Waals surface area contributed by atoms with Crippen molar-refractivity contribution >= 4 is 53.2 Å². The summed E-state index contributed by atoms with van der Waals surface area (Å²) in [6.45, 7) is 21.0. The fourth-order valence-corrected chi connectivity index (χ4v) is 5.79. The van der Waals surface area contributed by atoms with Gasteiger partial charge >= 0.3 is 30.2 Å². The van der Waals surface area contributed by atoms with Crippen molar-refractivity contribution < 1.29 is 23.3 Å². The Kier molecular flexibility index (Phi) is 19.5. The van der Waals surface area contributed by atoms with Crippen LogP contribution in [0.4, 0.5) is 0 Å². The van der Waals surface area contributed by atoms with Crippen molar-refractivity contribution in [2.24, 2.45) is 0 Å². The predicted molar refractivity (Wildman–Crippen MR) is 219 cm³/mol. The van der Waals surface area contributed by atoms with Gasteiger partial charge in [-0.2, -0.15) is 12.1 Å². The molecule has 6 rings (SSSR count). The average Bonchev–Trinajstić information content (AvgIpc) is 3.67. The van der Waals surface area contributed by atoms with E-state index in [-0.39, 0.29) is 45.1 Å². The third-order valence-electron chi connectivity index (χ3n) is 8.61. The minimum atomic E-state index is 0. The van der Waals surface area contributed by atoms with Crippen LogP contribution in [0.3, 0.4) is 0 Å². The summed E-state index contributed by atoms with van der Waals surface area (Å²) in [6, 6.07) is 40.6. The second-order valence-electron chi connectivity index (χ2n) is 13.4. The summed E-state index contributed by atoms with van der Waals surface area (Å²) in [6.07, 6.45) is 1.09. The molecule has 0 amide bonds. The molecule has 0 aliphatic heterocycles. The van der Waals surface area contributed by atoms with Crippen molar-refractivity contribution in [3.63, 3.8) is 0 Å². The summed E-state index contributed by atoms with van der Waals surface area (Å²) < 4.78 is 0. The van der Waals surface area contributed by atoms with Gasteiger partial charge in [0.1, 0.15) is 0 Å². The van der Waals surface area contributed by atoms with Gasteiger partial charge in [0, 0.05) is 0 Å². The molecule has 0 aromatic heterocycles. The first kappa shape index (κ1) is 45.8. The zero-order valence-electron chi connectivity index (χ0n) is 30.6. The van der Waals surface area contributed by atoms with E-state index < -0.39 is 0 Å². The van der Waals surface area contributed by atoms with Crippen LogP contribution in [0, 0.1) is 14.9 Å². The first-order valence-electron chi connectivity index (χ1n) is 15.9.